The van der Waals surface area contributed by atoms with Crippen LogP contribution in [0.2, 0.25) is 0 Å². The predicted octanol–water partition coefficient (Wildman–Crippen LogP) is 4.53. The highest BCUT2D eigenvalue weighted by atomic mass is 32.1. The van der Waals surface area contributed by atoms with Gasteiger partial charge in [0.15, 0.2) is 0 Å². The van der Waals surface area contributed by atoms with Gasteiger partial charge in [0.25, 0.3) is 11.8 Å². The molecule has 0 bridgehead atoms. The molecule has 0 saturated carbocycles. The molecule has 2 heterocycles. The third kappa shape index (κ3) is 3.93. The van der Waals surface area contributed by atoms with Crippen LogP contribution in [0.3, 0.4) is 0 Å². The molecule has 1 N–H and O–H groups in total. The topological polar surface area (TPSA) is 68.0 Å². The van der Waals surface area contributed by atoms with Crippen molar-refractivity contribution in [1.29, 1.82) is 0 Å². The molecule has 27 heavy (non-hydrogen) atoms. The Morgan fingerprint density at radius 2 is 1.93 bits per heavy atom. The molecule has 7 heteroatoms. The Morgan fingerprint density at radius 3 is 2.70 bits per heavy atom. The minimum Gasteiger partial charge on any atom is -0.347 e. The van der Waals surface area contributed by atoms with Crippen LogP contribution in [0.5, 0.6) is 0 Å². The first-order chi connectivity index (χ1) is 13.2. The van der Waals surface area contributed by atoms with Crippen molar-refractivity contribution < 1.29 is 13.7 Å². The van der Waals surface area contributed by atoms with Crippen molar-refractivity contribution in [2.45, 2.75) is 6.54 Å². The molecule has 134 valence electrons. The SMILES string of the molecule is O=C(NCc1cccs1)c1cccc(-c2nc(-c3ccc(F)cc3)no2)c1. The number of carbonyl (C=O) groups is 1. The predicted molar refractivity (Wildman–Crippen MR) is 101 cm³/mol. The second-order valence-corrected chi connectivity index (χ2v) is 6.81. The van der Waals surface area contributed by atoms with Crippen molar-refractivity contribution in [1.82, 2.24) is 15.5 Å². The molecule has 0 aliphatic heterocycles. The fourth-order valence-electron chi connectivity index (χ4n) is 2.53. The van der Waals surface area contributed by atoms with Crippen LogP contribution in [0.15, 0.2) is 70.6 Å². The Morgan fingerprint density at radius 1 is 1.07 bits per heavy atom. The first-order valence-corrected chi connectivity index (χ1v) is 9.08. The number of aromatic nitrogens is 2. The second-order valence-electron chi connectivity index (χ2n) is 5.77. The molecule has 0 saturated heterocycles. The number of amides is 1. The van der Waals surface area contributed by atoms with Crippen LogP contribution in [0, 0.1) is 5.82 Å². The summed E-state index contributed by atoms with van der Waals surface area (Å²) in [6.07, 6.45) is 0. The second kappa shape index (κ2) is 7.51. The van der Waals surface area contributed by atoms with Gasteiger partial charge in [-0.05, 0) is 53.9 Å². The number of halogens is 1. The molecule has 2 aromatic heterocycles. The summed E-state index contributed by atoms with van der Waals surface area (Å²) in [5.41, 5.74) is 1.79. The maximum absolute atomic E-state index is 13.0. The van der Waals surface area contributed by atoms with Gasteiger partial charge >= 0.3 is 0 Å². The molecule has 0 aliphatic carbocycles. The maximum Gasteiger partial charge on any atom is 0.258 e. The van der Waals surface area contributed by atoms with E-state index in [1.807, 2.05) is 17.5 Å². The van der Waals surface area contributed by atoms with Crippen molar-refractivity contribution in [3.8, 4) is 22.8 Å². The van der Waals surface area contributed by atoms with Gasteiger partial charge in [0.2, 0.25) is 5.82 Å². The minimum absolute atomic E-state index is 0.177. The van der Waals surface area contributed by atoms with Crippen molar-refractivity contribution in [2.75, 3.05) is 0 Å². The van der Waals surface area contributed by atoms with Gasteiger partial charge in [-0.15, -0.1) is 11.3 Å². The fraction of sp³-hybridized carbons (Fsp3) is 0.0500. The van der Waals surface area contributed by atoms with E-state index in [1.165, 1.54) is 12.1 Å². The van der Waals surface area contributed by atoms with Crippen molar-refractivity contribution >= 4 is 17.2 Å². The zero-order valence-electron chi connectivity index (χ0n) is 14.1. The van der Waals surface area contributed by atoms with Gasteiger partial charge in [-0.25, -0.2) is 4.39 Å². The van der Waals surface area contributed by atoms with Crippen LogP contribution < -0.4 is 5.32 Å². The van der Waals surface area contributed by atoms with Crippen LogP contribution in [0.25, 0.3) is 22.8 Å². The molecule has 0 radical (unpaired) electrons. The summed E-state index contributed by atoms with van der Waals surface area (Å²) in [4.78, 5) is 17.8. The van der Waals surface area contributed by atoms with Crippen molar-refractivity contribution in [2.24, 2.45) is 0 Å². The Hall–Kier alpha value is -3.32. The summed E-state index contributed by atoms with van der Waals surface area (Å²) in [6.45, 7) is 0.482. The van der Waals surface area contributed by atoms with Gasteiger partial charge in [0.1, 0.15) is 5.82 Å². The lowest BCUT2D eigenvalue weighted by molar-refractivity contribution is 0.0951. The van der Waals surface area contributed by atoms with Gasteiger partial charge in [-0.1, -0.05) is 17.3 Å². The minimum atomic E-state index is -0.330. The highest BCUT2D eigenvalue weighted by molar-refractivity contribution is 7.09. The number of carbonyl (C=O) groups excluding carboxylic acids is 1. The Balaban J connectivity index is 1.52. The highest BCUT2D eigenvalue weighted by Crippen LogP contribution is 2.23. The molecular formula is C20H14FN3O2S. The first-order valence-electron chi connectivity index (χ1n) is 8.20. The molecule has 0 unspecified atom stereocenters. The van der Waals surface area contributed by atoms with Gasteiger partial charge < -0.3 is 9.84 Å². The standard InChI is InChI=1S/C20H14FN3O2S/c21-16-8-6-13(7-9-16)18-23-20(26-24-18)15-4-1-3-14(11-15)19(25)22-12-17-5-2-10-27-17/h1-11H,12H2,(H,22,25). The smallest absolute Gasteiger partial charge is 0.258 e. The lowest BCUT2D eigenvalue weighted by Gasteiger charge is -2.04. The third-order valence-corrected chi connectivity index (χ3v) is 4.78. The quantitative estimate of drug-likeness (QED) is 0.553. The number of hydrogen-bond acceptors (Lipinski definition) is 5. The molecule has 0 aliphatic rings. The molecular weight excluding hydrogens is 365 g/mol. The van der Waals surface area contributed by atoms with Crippen LogP contribution in [0.1, 0.15) is 15.2 Å². The lowest BCUT2D eigenvalue weighted by atomic mass is 10.1. The number of nitrogens with one attached hydrogen (secondary N) is 1. The average molecular weight is 379 g/mol. The number of thiophene rings is 1. The van der Waals surface area contributed by atoms with Gasteiger partial charge in [-0.3, -0.25) is 4.79 Å². The molecule has 0 spiro atoms. The van der Waals surface area contributed by atoms with Crippen molar-refractivity contribution in [3.05, 3.63) is 82.3 Å². The largest absolute Gasteiger partial charge is 0.347 e. The summed E-state index contributed by atoms with van der Waals surface area (Å²) in [7, 11) is 0. The van der Waals surface area contributed by atoms with E-state index in [1.54, 1.807) is 47.7 Å². The van der Waals surface area contributed by atoms with Gasteiger partial charge in [0, 0.05) is 21.6 Å². The first kappa shape index (κ1) is 17.1. The normalized spacial score (nSPS) is 10.7. The van der Waals surface area contributed by atoms with E-state index in [0.717, 1.165) is 4.88 Å². The summed E-state index contributed by atoms with van der Waals surface area (Å²) in [5, 5.41) is 8.78. The van der Waals surface area contributed by atoms with Crippen LogP contribution in [0.4, 0.5) is 4.39 Å². The number of nitrogens with zero attached hydrogens (tertiary/aromatic N) is 2. The molecule has 0 fully saturated rings. The Bertz CT molecular complexity index is 1060. The van der Waals surface area contributed by atoms with E-state index < -0.39 is 0 Å². The number of hydrogen-bond donors (Lipinski definition) is 1. The summed E-state index contributed by atoms with van der Waals surface area (Å²) in [5.74, 6) is 0.145. The molecule has 4 aromatic rings. The van der Waals surface area contributed by atoms with Crippen LogP contribution in [-0.4, -0.2) is 16.0 Å². The zero-order valence-corrected chi connectivity index (χ0v) is 14.9. The van der Waals surface area contributed by atoms with E-state index >= 15 is 0 Å². The Kier molecular flexibility index (Phi) is 4.76. The van der Waals surface area contributed by atoms with Gasteiger partial charge in [0.05, 0.1) is 6.54 Å². The number of benzene rings is 2. The average Bonchev–Trinajstić information content (AvgIpc) is 3.39. The molecule has 1 amide bonds. The zero-order chi connectivity index (χ0) is 18.6. The van der Waals surface area contributed by atoms with Gasteiger partial charge in [-0.2, -0.15) is 4.98 Å². The molecule has 0 atom stereocenters. The summed E-state index contributed by atoms with van der Waals surface area (Å²) >= 11 is 1.59. The molecule has 5 nitrogen and oxygen atoms in total. The van der Waals surface area contributed by atoms with Crippen LogP contribution >= 0.6 is 11.3 Å². The molecule has 4 rings (SSSR count). The third-order valence-electron chi connectivity index (χ3n) is 3.90. The molecule has 2 aromatic carbocycles. The van der Waals surface area contributed by atoms with E-state index in [2.05, 4.69) is 15.5 Å². The highest BCUT2D eigenvalue weighted by Gasteiger charge is 2.13. The monoisotopic (exact) mass is 379 g/mol. The fourth-order valence-corrected chi connectivity index (χ4v) is 3.18. The van der Waals surface area contributed by atoms with Crippen molar-refractivity contribution in [3.63, 3.8) is 0 Å². The summed E-state index contributed by atoms with van der Waals surface area (Å²) < 4.78 is 18.3. The van der Waals surface area contributed by atoms with Crippen LogP contribution in [-0.2, 0) is 6.54 Å². The van der Waals surface area contributed by atoms with E-state index in [4.69, 9.17) is 4.52 Å². The summed E-state index contributed by atoms with van der Waals surface area (Å²) in [6, 6.07) is 16.7. The Labute approximate surface area is 158 Å². The maximum atomic E-state index is 13.0. The lowest BCUT2D eigenvalue weighted by Crippen LogP contribution is -2.22. The number of rotatable bonds is 5. The van der Waals surface area contributed by atoms with E-state index in [0.29, 0.717) is 35.0 Å². The van der Waals surface area contributed by atoms with E-state index in [9.17, 15) is 9.18 Å². The van der Waals surface area contributed by atoms with E-state index in [-0.39, 0.29) is 11.7 Å².